The molecular formula is C18H28N2O. The Hall–Kier alpha value is -0.900. The van der Waals surface area contributed by atoms with Crippen molar-refractivity contribution in [3.63, 3.8) is 0 Å². The van der Waals surface area contributed by atoms with E-state index in [0.717, 1.165) is 25.8 Å². The highest BCUT2D eigenvalue weighted by molar-refractivity contribution is 5.14. The van der Waals surface area contributed by atoms with E-state index in [1.54, 1.807) is 0 Å². The molecule has 2 fully saturated rings. The van der Waals surface area contributed by atoms with Gasteiger partial charge < -0.3 is 15.3 Å². The van der Waals surface area contributed by atoms with Gasteiger partial charge in [-0.2, -0.15) is 0 Å². The van der Waals surface area contributed by atoms with Crippen molar-refractivity contribution in [2.45, 2.75) is 56.7 Å². The van der Waals surface area contributed by atoms with Crippen molar-refractivity contribution in [2.75, 3.05) is 19.6 Å². The van der Waals surface area contributed by atoms with Gasteiger partial charge in [-0.1, -0.05) is 30.3 Å². The highest BCUT2D eigenvalue weighted by atomic mass is 16.3. The second-order valence-corrected chi connectivity index (χ2v) is 6.71. The topological polar surface area (TPSA) is 35.5 Å². The first-order valence-electron chi connectivity index (χ1n) is 8.50. The van der Waals surface area contributed by atoms with Crippen molar-refractivity contribution in [3.05, 3.63) is 35.9 Å². The zero-order valence-electron chi connectivity index (χ0n) is 12.9. The third-order valence-corrected chi connectivity index (χ3v) is 4.95. The molecule has 21 heavy (non-hydrogen) atoms. The van der Waals surface area contributed by atoms with Crippen LogP contribution in [0.1, 0.15) is 37.7 Å². The summed E-state index contributed by atoms with van der Waals surface area (Å²) in [5.74, 6) is 0. The van der Waals surface area contributed by atoms with Crippen molar-refractivity contribution in [1.29, 1.82) is 0 Å². The summed E-state index contributed by atoms with van der Waals surface area (Å²) in [5, 5.41) is 13.5. The van der Waals surface area contributed by atoms with E-state index in [1.165, 1.54) is 37.9 Å². The van der Waals surface area contributed by atoms with Gasteiger partial charge in [0, 0.05) is 25.2 Å². The first kappa shape index (κ1) is 15.0. The number of hydrogen-bond donors (Lipinski definition) is 2. The lowest BCUT2D eigenvalue weighted by Crippen LogP contribution is -2.43. The van der Waals surface area contributed by atoms with Crippen LogP contribution >= 0.6 is 0 Å². The van der Waals surface area contributed by atoms with Crippen LogP contribution < -0.4 is 5.32 Å². The van der Waals surface area contributed by atoms with Crippen LogP contribution in [-0.4, -0.2) is 47.8 Å². The standard InChI is InChI=1S/C18H28N2O/c21-18-8-4-7-16(13-18)19-17-10-12-20(14-17)11-9-15-5-2-1-3-6-15/h1-3,5-6,16-19,21H,4,7-14H2. The Bertz CT molecular complexity index is 422. The van der Waals surface area contributed by atoms with E-state index in [9.17, 15) is 5.11 Å². The Morgan fingerprint density at radius 1 is 1.10 bits per heavy atom. The summed E-state index contributed by atoms with van der Waals surface area (Å²) in [6, 6.07) is 11.9. The maximum absolute atomic E-state index is 9.77. The van der Waals surface area contributed by atoms with Crippen molar-refractivity contribution in [3.8, 4) is 0 Å². The summed E-state index contributed by atoms with van der Waals surface area (Å²) in [5.41, 5.74) is 1.43. The second-order valence-electron chi connectivity index (χ2n) is 6.71. The number of nitrogens with zero attached hydrogens (tertiary/aromatic N) is 1. The van der Waals surface area contributed by atoms with Crippen LogP contribution in [0.5, 0.6) is 0 Å². The average molecular weight is 288 g/mol. The molecule has 1 aromatic rings. The van der Waals surface area contributed by atoms with Crippen LogP contribution in [-0.2, 0) is 6.42 Å². The molecule has 0 bridgehead atoms. The fourth-order valence-corrected chi connectivity index (χ4v) is 3.75. The van der Waals surface area contributed by atoms with E-state index in [0.29, 0.717) is 12.1 Å². The van der Waals surface area contributed by atoms with Crippen LogP contribution in [0.25, 0.3) is 0 Å². The summed E-state index contributed by atoms with van der Waals surface area (Å²) >= 11 is 0. The van der Waals surface area contributed by atoms with Gasteiger partial charge in [0.15, 0.2) is 0 Å². The maximum Gasteiger partial charge on any atom is 0.0555 e. The molecule has 0 aromatic heterocycles. The first-order chi connectivity index (χ1) is 10.3. The zero-order chi connectivity index (χ0) is 14.5. The molecule has 2 N–H and O–H groups in total. The molecule has 2 aliphatic rings. The summed E-state index contributed by atoms with van der Waals surface area (Å²) in [7, 11) is 0. The second kappa shape index (κ2) is 7.39. The Balaban J connectivity index is 1.39. The molecule has 1 heterocycles. The number of aliphatic hydroxyl groups excluding tert-OH is 1. The Labute approximate surface area is 128 Å². The lowest BCUT2D eigenvalue weighted by molar-refractivity contribution is 0.109. The molecule has 0 amide bonds. The molecule has 1 aromatic carbocycles. The Morgan fingerprint density at radius 2 is 1.95 bits per heavy atom. The molecule has 1 saturated heterocycles. The van der Waals surface area contributed by atoms with E-state index < -0.39 is 0 Å². The maximum atomic E-state index is 9.77. The average Bonchev–Trinajstić information content (AvgIpc) is 2.94. The minimum absolute atomic E-state index is 0.0770. The molecule has 3 atom stereocenters. The van der Waals surface area contributed by atoms with E-state index >= 15 is 0 Å². The van der Waals surface area contributed by atoms with Crippen molar-refractivity contribution in [2.24, 2.45) is 0 Å². The van der Waals surface area contributed by atoms with Crippen LogP contribution in [0.3, 0.4) is 0 Å². The predicted molar refractivity (Wildman–Crippen MR) is 86.4 cm³/mol. The fraction of sp³-hybridized carbons (Fsp3) is 0.667. The number of nitrogens with one attached hydrogen (secondary N) is 1. The summed E-state index contributed by atoms with van der Waals surface area (Å²) in [6.07, 6.45) is 6.66. The lowest BCUT2D eigenvalue weighted by atomic mass is 9.92. The van der Waals surface area contributed by atoms with Gasteiger partial charge in [-0.3, -0.25) is 0 Å². The summed E-state index contributed by atoms with van der Waals surface area (Å²) < 4.78 is 0. The molecular weight excluding hydrogens is 260 g/mol. The fourth-order valence-electron chi connectivity index (χ4n) is 3.75. The van der Waals surface area contributed by atoms with Crippen LogP contribution in [0.15, 0.2) is 30.3 Å². The van der Waals surface area contributed by atoms with Gasteiger partial charge in [-0.05, 0) is 50.6 Å². The third kappa shape index (κ3) is 4.53. The van der Waals surface area contributed by atoms with Crippen molar-refractivity contribution < 1.29 is 5.11 Å². The summed E-state index contributed by atoms with van der Waals surface area (Å²) in [6.45, 7) is 3.54. The molecule has 3 heteroatoms. The van der Waals surface area contributed by atoms with Crippen molar-refractivity contribution >= 4 is 0 Å². The predicted octanol–water partition coefficient (Wildman–Crippen LogP) is 2.20. The number of likely N-dealkylation sites (tertiary alicyclic amines) is 1. The molecule has 3 unspecified atom stereocenters. The Kier molecular flexibility index (Phi) is 5.28. The highest BCUT2D eigenvalue weighted by Crippen LogP contribution is 2.20. The largest absolute Gasteiger partial charge is 0.393 e. The van der Waals surface area contributed by atoms with Crippen molar-refractivity contribution in [1.82, 2.24) is 10.2 Å². The SMILES string of the molecule is OC1CCCC(NC2CCN(CCc3ccccc3)C2)C1. The van der Waals surface area contributed by atoms with Gasteiger partial charge in [0.25, 0.3) is 0 Å². The minimum atomic E-state index is -0.0770. The number of aliphatic hydroxyl groups is 1. The third-order valence-electron chi connectivity index (χ3n) is 4.95. The first-order valence-corrected chi connectivity index (χ1v) is 8.50. The smallest absolute Gasteiger partial charge is 0.0555 e. The van der Waals surface area contributed by atoms with Crippen LogP contribution in [0.2, 0.25) is 0 Å². The molecule has 1 aliphatic heterocycles. The van der Waals surface area contributed by atoms with Gasteiger partial charge in [-0.25, -0.2) is 0 Å². The molecule has 1 aliphatic carbocycles. The van der Waals surface area contributed by atoms with E-state index in [2.05, 4.69) is 40.5 Å². The van der Waals surface area contributed by atoms with Crippen LogP contribution in [0.4, 0.5) is 0 Å². The quantitative estimate of drug-likeness (QED) is 0.872. The minimum Gasteiger partial charge on any atom is -0.393 e. The molecule has 3 rings (SSSR count). The van der Waals surface area contributed by atoms with E-state index in [1.807, 2.05) is 0 Å². The molecule has 116 valence electrons. The molecule has 0 spiro atoms. The van der Waals surface area contributed by atoms with Gasteiger partial charge >= 0.3 is 0 Å². The molecule has 0 radical (unpaired) electrons. The Morgan fingerprint density at radius 3 is 2.76 bits per heavy atom. The van der Waals surface area contributed by atoms with E-state index in [-0.39, 0.29) is 6.10 Å². The normalized spacial score (nSPS) is 30.6. The van der Waals surface area contributed by atoms with E-state index in [4.69, 9.17) is 0 Å². The number of benzene rings is 1. The molecule has 3 nitrogen and oxygen atoms in total. The van der Waals surface area contributed by atoms with Gasteiger partial charge in [0.1, 0.15) is 0 Å². The molecule has 1 saturated carbocycles. The monoisotopic (exact) mass is 288 g/mol. The van der Waals surface area contributed by atoms with Crippen LogP contribution in [0, 0.1) is 0 Å². The number of hydrogen-bond acceptors (Lipinski definition) is 3. The lowest BCUT2D eigenvalue weighted by Gasteiger charge is -2.29. The van der Waals surface area contributed by atoms with Gasteiger partial charge in [0.2, 0.25) is 0 Å². The van der Waals surface area contributed by atoms with Gasteiger partial charge in [-0.15, -0.1) is 0 Å². The van der Waals surface area contributed by atoms with Gasteiger partial charge in [0.05, 0.1) is 6.10 Å². The zero-order valence-corrected chi connectivity index (χ0v) is 12.9. The summed E-state index contributed by atoms with van der Waals surface area (Å²) in [4.78, 5) is 2.57. The number of rotatable bonds is 5. The highest BCUT2D eigenvalue weighted by Gasteiger charge is 2.27.